The molecule has 0 aliphatic rings. The van der Waals surface area contributed by atoms with Crippen molar-refractivity contribution in [1.82, 2.24) is 19.6 Å². The summed E-state index contributed by atoms with van der Waals surface area (Å²) < 4.78 is 0.932. The van der Waals surface area contributed by atoms with Crippen LogP contribution in [-0.2, 0) is 0 Å². The van der Waals surface area contributed by atoms with E-state index in [2.05, 4.69) is 15.1 Å². The third kappa shape index (κ3) is 2.37. The van der Waals surface area contributed by atoms with E-state index >= 15 is 0 Å². The smallest absolute Gasteiger partial charge is 0.277 e. The third-order valence-corrected chi connectivity index (χ3v) is 3.13. The molecule has 3 rings (SSSR count). The number of nitro groups is 1. The number of hydrogen-bond donors (Lipinski definition) is 1. The van der Waals surface area contributed by atoms with Crippen molar-refractivity contribution in [3.8, 4) is 0 Å². The quantitative estimate of drug-likeness (QED) is 0.586. The molecule has 22 heavy (non-hydrogen) atoms. The summed E-state index contributed by atoms with van der Waals surface area (Å²) in [5.74, 6) is 0.0826. The zero-order valence-corrected chi connectivity index (χ0v) is 11.6. The molecule has 0 fully saturated rings. The van der Waals surface area contributed by atoms with E-state index in [9.17, 15) is 14.9 Å². The molecule has 110 valence electrons. The predicted molar refractivity (Wildman–Crippen MR) is 80.4 cm³/mol. The minimum atomic E-state index is -0.795. The van der Waals surface area contributed by atoms with Gasteiger partial charge < -0.3 is 0 Å². The third-order valence-electron chi connectivity index (χ3n) is 3.13. The van der Waals surface area contributed by atoms with Gasteiger partial charge in [-0.1, -0.05) is 35.9 Å². The Kier molecular flexibility index (Phi) is 3.26. The Morgan fingerprint density at radius 2 is 2.00 bits per heavy atom. The van der Waals surface area contributed by atoms with Crippen LogP contribution in [0.3, 0.4) is 0 Å². The average molecular weight is 297 g/mol. The lowest BCUT2D eigenvalue weighted by molar-refractivity contribution is -0.386. The topological polar surface area (TPSA) is 106 Å². The molecule has 2 aromatic heterocycles. The summed E-state index contributed by atoms with van der Waals surface area (Å²) >= 11 is 0. The van der Waals surface area contributed by atoms with Gasteiger partial charge in [-0.2, -0.15) is 4.52 Å². The lowest BCUT2D eigenvalue weighted by Crippen LogP contribution is -2.20. The number of hydrogen-bond acceptors (Lipinski definition) is 5. The van der Waals surface area contributed by atoms with Crippen LogP contribution in [0.5, 0.6) is 0 Å². The van der Waals surface area contributed by atoms with Gasteiger partial charge in [0.05, 0.1) is 4.92 Å². The molecule has 0 unspecified atom stereocenters. The molecular weight excluding hydrogens is 286 g/mol. The lowest BCUT2D eigenvalue weighted by Gasteiger charge is -1.98. The molecule has 2 heterocycles. The maximum atomic E-state index is 12.1. The van der Waals surface area contributed by atoms with Gasteiger partial charge in [0.2, 0.25) is 0 Å². The van der Waals surface area contributed by atoms with Crippen LogP contribution in [0.4, 0.5) is 5.69 Å². The molecule has 0 spiro atoms. The number of aryl methyl sites for hydroxylation is 1. The van der Waals surface area contributed by atoms with Crippen molar-refractivity contribution in [2.75, 3.05) is 0 Å². The van der Waals surface area contributed by atoms with Gasteiger partial charge in [-0.15, -0.1) is 0 Å². The highest BCUT2D eigenvalue weighted by molar-refractivity contribution is 5.72. The average Bonchev–Trinajstić information content (AvgIpc) is 2.95. The van der Waals surface area contributed by atoms with E-state index in [1.165, 1.54) is 12.4 Å². The molecule has 0 radical (unpaired) electrons. The fourth-order valence-electron chi connectivity index (χ4n) is 2.00. The maximum Gasteiger partial charge on any atom is 0.361 e. The Balaban J connectivity index is 2.13. The number of nitrogens with zero attached hydrogens (tertiary/aromatic N) is 4. The van der Waals surface area contributed by atoms with Gasteiger partial charge in [-0.25, -0.2) is 9.97 Å². The molecule has 1 aromatic carbocycles. The number of nitrogens with one attached hydrogen (secondary N) is 1. The Morgan fingerprint density at radius 3 is 2.68 bits per heavy atom. The second-order valence-corrected chi connectivity index (χ2v) is 4.67. The van der Waals surface area contributed by atoms with Crippen LogP contribution in [0.1, 0.15) is 16.8 Å². The molecule has 0 saturated heterocycles. The summed E-state index contributed by atoms with van der Waals surface area (Å²) in [5.41, 5.74) is 0.546. The Bertz CT molecular complexity index is 937. The van der Waals surface area contributed by atoms with Crippen molar-refractivity contribution in [2.24, 2.45) is 0 Å². The summed E-state index contributed by atoms with van der Waals surface area (Å²) in [6, 6.07) is 7.59. The van der Waals surface area contributed by atoms with Crippen LogP contribution in [0, 0.1) is 17.0 Å². The van der Waals surface area contributed by atoms with Crippen LogP contribution in [0.15, 0.2) is 35.4 Å². The molecule has 0 saturated carbocycles. The number of H-pyrrole nitrogens is 1. The largest absolute Gasteiger partial charge is 0.361 e. The first-order valence-corrected chi connectivity index (χ1v) is 6.41. The number of aromatic nitrogens is 4. The van der Waals surface area contributed by atoms with Crippen molar-refractivity contribution in [3.05, 3.63) is 67.9 Å². The number of aromatic amines is 1. The minimum absolute atomic E-state index is 0.0253. The first-order valence-electron chi connectivity index (χ1n) is 6.41. The van der Waals surface area contributed by atoms with Crippen molar-refractivity contribution in [3.63, 3.8) is 0 Å². The standard InChI is InChI=1S/C14H11N5O3/c1-9-2-4-10(5-3-9)6-7-11-12(19(21)22)13(20)18-14(17-11)15-8-16-18/h2-8H,1H3,(H,15,16,17)/b7-6+. The first kappa shape index (κ1) is 13.7. The molecule has 3 aromatic rings. The van der Waals surface area contributed by atoms with E-state index in [4.69, 9.17) is 0 Å². The van der Waals surface area contributed by atoms with Crippen molar-refractivity contribution < 1.29 is 4.92 Å². The predicted octanol–water partition coefficient (Wildman–Crippen LogP) is 1.80. The van der Waals surface area contributed by atoms with Gasteiger partial charge in [-0.3, -0.25) is 20.0 Å². The Morgan fingerprint density at radius 1 is 1.27 bits per heavy atom. The fraction of sp³-hybridized carbons (Fsp3) is 0.0714. The zero-order chi connectivity index (χ0) is 15.7. The maximum absolute atomic E-state index is 12.1. The normalized spacial score (nSPS) is 11.3. The molecule has 0 bridgehead atoms. The van der Waals surface area contributed by atoms with Crippen LogP contribution in [0.2, 0.25) is 0 Å². The molecule has 1 N–H and O–H groups in total. The fourth-order valence-corrected chi connectivity index (χ4v) is 2.00. The van der Waals surface area contributed by atoms with Gasteiger partial charge in [0.1, 0.15) is 6.33 Å². The Hall–Kier alpha value is -3.29. The second-order valence-electron chi connectivity index (χ2n) is 4.67. The van der Waals surface area contributed by atoms with E-state index in [1.54, 1.807) is 6.08 Å². The van der Waals surface area contributed by atoms with E-state index in [0.29, 0.717) is 0 Å². The Labute approximate surface area is 123 Å². The monoisotopic (exact) mass is 297 g/mol. The van der Waals surface area contributed by atoms with Crippen LogP contribution < -0.4 is 5.56 Å². The van der Waals surface area contributed by atoms with E-state index in [0.717, 1.165) is 15.6 Å². The van der Waals surface area contributed by atoms with E-state index in [-0.39, 0.29) is 11.5 Å². The van der Waals surface area contributed by atoms with E-state index < -0.39 is 16.2 Å². The van der Waals surface area contributed by atoms with Gasteiger partial charge in [0.15, 0.2) is 5.69 Å². The summed E-state index contributed by atoms with van der Waals surface area (Å²) in [6.07, 6.45) is 4.36. The molecule has 0 amide bonds. The highest BCUT2D eigenvalue weighted by Gasteiger charge is 2.22. The van der Waals surface area contributed by atoms with Crippen molar-refractivity contribution >= 4 is 23.6 Å². The van der Waals surface area contributed by atoms with Gasteiger partial charge in [0.25, 0.3) is 5.78 Å². The molecular formula is C14H11N5O3. The van der Waals surface area contributed by atoms with Gasteiger partial charge in [-0.05, 0) is 18.6 Å². The first-order chi connectivity index (χ1) is 10.6. The lowest BCUT2D eigenvalue weighted by atomic mass is 10.1. The van der Waals surface area contributed by atoms with Crippen molar-refractivity contribution in [2.45, 2.75) is 6.92 Å². The van der Waals surface area contributed by atoms with Crippen LogP contribution in [0.25, 0.3) is 17.9 Å². The highest BCUT2D eigenvalue weighted by atomic mass is 16.6. The van der Waals surface area contributed by atoms with Gasteiger partial charge in [0, 0.05) is 0 Å². The zero-order valence-electron chi connectivity index (χ0n) is 11.6. The van der Waals surface area contributed by atoms with Crippen molar-refractivity contribution in [1.29, 1.82) is 0 Å². The molecule has 0 aliphatic carbocycles. The van der Waals surface area contributed by atoms with Crippen LogP contribution in [-0.4, -0.2) is 24.5 Å². The summed E-state index contributed by atoms with van der Waals surface area (Å²) in [4.78, 5) is 30.4. The van der Waals surface area contributed by atoms with Crippen LogP contribution >= 0.6 is 0 Å². The SMILES string of the molecule is Cc1ccc(/C=C/c2nc3nc[nH]n3c(=O)c2[N+](=O)[O-])cc1. The number of benzene rings is 1. The summed E-state index contributed by atoms with van der Waals surface area (Å²) in [6.45, 7) is 1.96. The second kappa shape index (κ2) is 5.24. The summed E-state index contributed by atoms with van der Waals surface area (Å²) in [7, 11) is 0. The summed E-state index contributed by atoms with van der Waals surface area (Å²) in [5, 5.41) is 13.6. The molecule has 0 atom stereocenters. The molecule has 8 heteroatoms. The molecule has 8 nitrogen and oxygen atoms in total. The number of rotatable bonds is 3. The number of fused-ring (bicyclic) bond motifs is 1. The van der Waals surface area contributed by atoms with Gasteiger partial charge >= 0.3 is 11.2 Å². The highest BCUT2D eigenvalue weighted by Crippen LogP contribution is 2.15. The molecule has 0 aliphatic heterocycles. The van der Waals surface area contributed by atoms with E-state index in [1.807, 2.05) is 31.2 Å². The minimum Gasteiger partial charge on any atom is -0.277 e.